The van der Waals surface area contributed by atoms with Crippen molar-refractivity contribution < 1.29 is 13.3 Å². The number of hydrogen-bond acceptors (Lipinski definition) is 3. The lowest BCUT2D eigenvalue weighted by Gasteiger charge is -2.45. The van der Waals surface area contributed by atoms with E-state index in [0.29, 0.717) is 11.8 Å². The zero-order valence-corrected chi connectivity index (χ0v) is 37.4. The Hall–Kier alpha value is -0.949. The molecule has 272 valence electrons. The highest BCUT2D eigenvalue weighted by atomic mass is 28.4. The molecule has 3 rings (SSSR count). The van der Waals surface area contributed by atoms with Crippen molar-refractivity contribution in [2.24, 2.45) is 17.3 Å². The topological polar surface area (TPSA) is 27.7 Å². The molecule has 0 aromatic rings. The highest BCUT2D eigenvalue weighted by molar-refractivity contribution is 6.74. The number of rotatable bonds is 9. The molecule has 0 amide bonds. The van der Waals surface area contributed by atoms with E-state index in [1.165, 1.54) is 30.4 Å². The molecule has 3 nitrogen and oxygen atoms in total. The van der Waals surface area contributed by atoms with Crippen LogP contribution < -0.4 is 0 Å². The summed E-state index contributed by atoms with van der Waals surface area (Å²) in [6.07, 6.45) is 15.2. The summed E-state index contributed by atoms with van der Waals surface area (Å²) in [5.41, 5.74) is 5.54. The van der Waals surface area contributed by atoms with E-state index in [-0.39, 0.29) is 33.3 Å². The zero-order chi connectivity index (χ0) is 36.7. The third-order valence-electron chi connectivity index (χ3n) is 12.2. The fourth-order valence-electron chi connectivity index (χ4n) is 7.70. The maximum absolute atomic E-state index is 7.10. The molecule has 0 aromatic heterocycles. The van der Waals surface area contributed by atoms with E-state index in [9.17, 15) is 0 Å². The lowest BCUT2D eigenvalue weighted by atomic mass is 9.62. The Morgan fingerprint density at radius 1 is 0.938 bits per heavy atom. The predicted octanol–water partition coefficient (Wildman–Crippen LogP) is 12.8. The van der Waals surface area contributed by atoms with Crippen molar-refractivity contribution in [1.82, 2.24) is 0 Å². The Balaban J connectivity index is 1.86. The van der Waals surface area contributed by atoms with Gasteiger partial charge in [0.25, 0.3) is 0 Å². The predicted molar refractivity (Wildman–Crippen MR) is 217 cm³/mol. The van der Waals surface area contributed by atoms with Crippen LogP contribution in [-0.2, 0) is 13.3 Å². The van der Waals surface area contributed by atoms with Crippen molar-refractivity contribution in [1.29, 1.82) is 0 Å². The van der Waals surface area contributed by atoms with Gasteiger partial charge in [0.2, 0.25) is 0 Å². The van der Waals surface area contributed by atoms with Crippen LogP contribution >= 0.6 is 0 Å². The van der Waals surface area contributed by atoms with Crippen LogP contribution in [0.15, 0.2) is 47.1 Å². The van der Waals surface area contributed by atoms with Crippen LogP contribution in [0.25, 0.3) is 0 Å². The third-order valence-corrected chi connectivity index (χ3v) is 22.4. The van der Waals surface area contributed by atoms with E-state index < -0.39 is 25.0 Å². The minimum atomic E-state index is -1.99. The first-order valence-electron chi connectivity index (χ1n) is 18.9. The quantitative estimate of drug-likeness (QED) is 0.135. The van der Waals surface area contributed by atoms with Crippen LogP contribution in [0.2, 0.25) is 55.9 Å². The van der Waals surface area contributed by atoms with Crippen LogP contribution in [0, 0.1) is 29.1 Å². The summed E-state index contributed by atoms with van der Waals surface area (Å²) in [6, 6.07) is 0. The van der Waals surface area contributed by atoms with Gasteiger partial charge < -0.3 is 13.3 Å². The van der Waals surface area contributed by atoms with E-state index in [2.05, 4.69) is 145 Å². The number of fused-ring (bicyclic) bond motifs is 1. The zero-order valence-electron chi connectivity index (χ0n) is 34.4. The standard InChI is InChI=1S/C42H74O3Si3/c1-31(21-19-27-41(9,10)45-46(12,13)14)36-25-26-37-33(22-20-28-42(36,37)11)23-24-34-29-35(43-47(15,16)39(3,4)5)30-38(32(34)2)44-48(17,18)40(6,7)8/h23-25,31,35,37-38H,2,20-22,26,28-30H2,1,3-18H3/b33-23+,34-24-/t31-,35-,37+,38+,42-/m1/s1. The van der Waals surface area contributed by atoms with Crippen molar-refractivity contribution in [3.05, 3.63) is 47.1 Å². The van der Waals surface area contributed by atoms with E-state index in [0.717, 1.165) is 25.7 Å². The molecule has 3 aliphatic carbocycles. The van der Waals surface area contributed by atoms with Crippen molar-refractivity contribution in [2.45, 2.75) is 188 Å². The molecule has 6 heteroatoms. The summed E-state index contributed by atoms with van der Waals surface area (Å²) in [4.78, 5) is 0. The summed E-state index contributed by atoms with van der Waals surface area (Å²) >= 11 is 0. The lowest BCUT2D eigenvalue weighted by molar-refractivity contribution is 0.0969. The Bertz CT molecular complexity index is 1330. The van der Waals surface area contributed by atoms with Crippen LogP contribution in [-0.4, -0.2) is 42.8 Å². The van der Waals surface area contributed by atoms with Crippen molar-refractivity contribution in [3.63, 3.8) is 0 Å². The highest BCUT2D eigenvalue weighted by Gasteiger charge is 2.47. The minimum absolute atomic E-state index is 0.0125. The largest absolute Gasteiger partial charge is 0.413 e. The van der Waals surface area contributed by atoms with Gasteiger partial charge in [0.15, 0.2) is 25.0 Å². The second-order valence-electron chi connectivity index (χ2n) is 20.1. The molecule has 5 atom stereocenters. The average molecular weight is 711 g/mol. The molecule has 2 saturated carbocycles. The molecular formula is C42H74O3Si3. The smallest absolute Gasteiger partial charge is 0.192 e. The van der Waals surface area contributed by atoms with E-state index in [4.69, 9.17) is 19.9 Å². The van der Waals surface area contributed by atoms with Gasteiger partial charge in [-0.15, -0.1) is 0 Å². The summed E-state index contributed by atoms with van der Waals surface area (Å²) in [6.45, 7) is 44.1. The maximum atomic E-state index is 7.10. The van der Waals surface area contributed by atoms with Crippen molar-refractivity contribution in [2.75, 3.05) is 0 Å². The SMILES string of the molecule is C=C1/C(=C\C=C2/CCC[C@]3(C)C([C@H](C)CC#CC(C)(C)O[Si](C)(C)C)=CC[C@@H]23)C[C@@H](O[Si](C)(C)C(C)(C)C)C[C@@H]1O[Si](C)(C)C(C)(C)C. The van der Waals surface area contributed by atoms with Gasteiger partial charge in [-0.1, -0.05) is 103 Å². The second kappa shape index (κ2) is 14.6. The average Bonchev–Trinajstić information content (AvgIpc) is 3.24. The Morgan fingerprint density at radius 2 is 1.52 bits per heavy atom. The van der Waals surface area contributed by atoms with Crippen LogP contribution in [0.3, 0.4) is 0 Å². The second-order valence-corrected chi connectivity index (χ2v) is 34.1. The fourth-order valence-corrected chi connectivity index (χ4v) is 12.0. The van der Waals surface area contributed by atoms with Crippen LogP contribution in [0.4, 0.5) is 0 Å². The number of hydrogen-bond donors (Lipinski definition) is 0. The molecule has 3 aliphatic rings. The molecule has 0 radical (unpaired) electrons. The van der Waals surface area contributed by atoms with E-state index in [1.54, 1.807) is 11.1 Å². The van der Waals surface area contributed by atoms with Crippen molar-refractivity contribution >= 4 is 25.0 Å². The summed E-state index contributed by atoms with van der Waals surface area (Å²) in [5, 5.41) is 0.316. The first kappa shape index (κ1) is 41.5. The Labute approximate surface area is 301 Å². The Kier molecular flexibility index (Phi) is 12.6. The fraction of sp³-hybridized carbons (Fsp3) is 0.762. The summed E-state index contributed by atoms with van der Waals surface area (Å²) < 4.78 is 20.5. The first-order chi connectivity index (χ1) is 21.6. The molecule has 48 heavy (non-hydrogen) atoms. The van der Waals surface area contributed by atoms with Crippen molar-refractivity contribution in [3.8, 4) is 11.8 Å². The van der Waals surface area contributed by atoms with Gasteiger partial charge in [0.05, 0.1) is 12.2 Å². The molecule has 0 unspecified atom stereocenters. The van der Waals surface area contributed by atoms with E-state index >= 15 is 0 Å². The molecular weight excluding hydrogens is 637 g/mol. The Morgan fingerprint density at radius 3 is 2.08 bits per heavy atom. The molecule has 0 bridgehead atoms. The molecule has 0 spiro atoms. The highest BCUT2D eigenvalue weighted by Crippen LogP contribution is 2.57. The van der Waals surface area contributed by atoms with Gasteiger partial charge in [-0.25, -0.2) is 0 Å². The maximum Gasteiger partial charge on any atom is 0.192 e. The normalized spacial score (nSPS) is 28.6. The summed E-state index contributed by atoms with van der Waals surface area (Å²) in [5.74, 6) is 8.02. The molecule has 0 aliphatic heterocycles. The minimum Gasteiger partial charge on any atom is -0.413 e. The van der Waals surface area contributed by atoms with Gasteiger partial charge in [-0.2, -0.15) is 0 Å². The lowest BCUT2D eigenvalue weighted by Crippen LogP contribution is -2.49. The molecule has 0 aromatic carbocycles. The monoisotopic (exact) mass is 710 g/mol. The van der Waals surface area contributed by atoms with Gasteiger partial charge in [0, 0.05) is 12.8 Å². The number of allylic oxidation sites excluding steroid dienone is 5. The van der Waals surface area contributed by atoms with E-state index in [1.807, 2.05) is 0 Å². The third kappa shape index (κ3) is 10.1. The van der Waals surface area contributed by atoms with Gasteiger partial charge in [-0.05, 0) is 130 Å². The summed E-state index contributed by atoms with van der Waals surface area (Å²) in [7, 11) is -5.58. The van der Waals surface area contributed by atoms with Gasteiger partial charge in [-0.3, -0.25) is 0 Å². The van der Waals surface area contributed by atoms with Gasteiger partial charge >= 0.3 is 0 Å². The molecule has 0 saturated heterocycles. The molecule has 0 N–H and O–H groups in total. The van der Waals surface area contributed by atoms with Crippen LogP contribution in [0.5, 0.6) is 0 Å². The van der Waals surface area contributed by atoms with Gasteiger partial charge in [0.1, 0.15) is 5.60 Å². The van der Waals surface area contributed by atoms with Crippen LogP contribution in [0.1, 0.15) is 114 Å². The molecule has 2 fully saturated rings. The molecule has 0 heterocycles. The first-order valence-corrected chi connectivity index (χ1v) is 28.2.